The van der Waals surface area contributed by atoms with Gasteiger partial charge in [0.1, 0.15) is 6.04 Å². The Morgan fingerprint density at radius 3 is 2.57 bits per heavy atom. The van der Waals surface area contributed by atoms with E-state index in [2.05, 4.69) is 17.4 Å². The lowest BCUT2D eigenvalue weighted by atomic mass is 9.85. The molecule has 1 saturated carbocycles. The third-order valence-corrected chi connectivity index (χ3v) is 5.20. The summed E-state index contributed by atoms with van der Waals surface area (Å²) in [5, 5.41) is 11.1. The van der Waals surface area contributed by atoms with Crippen molar-refractivity contribution in [3.05, 3.63) is 35.9 Å². The third-order valence-electron chi connectivity index (χ3n) is 5.20. The van der Waals surface area contributed by atoms with E-state index in [1.54, 1.807) is 4.90 Å². The molecule has 0 bridgehead atoms. The number of amides is 1. The second-order valence-electron chi connectivity index (χ2n) is 6.85. The fourth-order valence-corrected chi connectivity index (χ4v) is 3.78. The van der Waals surface area contributed by atoms with Crippen molar-refractivity contribution in [2.75, 3.05) is 6.54 Å². The summed E-state index contributed by atoms with van der Waals surface area (Å²) in [5.41, 5.74) is 1.21. The summed E-state index contributed by atoms with van der Waals surface area (Å²) in [6.45, 7) is 0.592. The van der Waals surface area contributed by atoms with Gasteiger partial charge in [0.2, 0.25) is 0 Å². The first-order valence-corrected chi connectivity index (χ1v) is 8.94. The van der Waals surface area contributed by atoms with Crippen molar-refractivity contribution < 1.29 is 4.79 Å². The minimum absolute atomic E-state index is 0.0849. The van der Waals surface area contributed by atoms with Crippen LogP contribution >= 0.6 is 0 Å². The quantitative estimate of drug-likeness (QED) is 0.846. The molecule has 1 heterocycles. The van der Waals surface area contributed by atoms with Crippen LogP contribution in [0.3, 0.4) is 0 Å². The number of nitrogens with zero attached hydrogens (tertiary/aromatic N) is 1. The molecule has 4 nitrogen and oxygen atoms in total. The van der Waals surface area contributed by atoms with Crippen LogP contribution in [0.25, 0.3) is 0 Å². The Labute approximate surface area is 138 Å². The van der Waals surface area contributed by atoms with E-state index in [4.69, 9.17) is 5.41 Å². The lowest BCUT2D eigenvalue weighted by Gasteiger charge is -2.22. The Bertz CT molecular complexity index is 537. The Balaban J connectivity index is 1.48. The SMILES string of the molecule is N=C1NC(CCC2CCCCC2)C(=O)N1CCc1ccccc1. The van der Waals surface area contributed by atoms with Crippen molar-refractivity contribution in [3.8, 4) is 0 Å². The van der Waals surface area contributed by atoms with E-state index in [1.165, 1.54) is 37.7 Å². The van der Waals surface area contributed by atoms with Crippen LogP contribution in [0.2, 0.25) is 0 Å². The summed E-state index contributed by atoms with van der Waals surface area (Å²) in [5.74, 6) is 1.15. The molecule has 1 aromatic rings. The zero-order valence-electron chi connectivity index (χ0n) is 13.8. The highest BCUT2D eigenvalue weighted by Crippen LogP contribution is 2.28. The number of benzene rings is 1. The number of carbonyl (C=O) groups is 1. The minimum atomic E-state index is -0.180. The van der Waals surface area contributed by atoms with Gasteiger partial charge in [0, 0.05) is 6.54 Å². The molecule has 1 saturated heterocycles. The molecular formula is C19H27N3O. The van der Waals surface area contributed by atoms with Crippen LogP contribution in [0.5, 0.6) is 0 Å². The summed E-state index contributed by atoms with van der Waals surface area (Å²) in [6.07, 6.45) is 9.47. The molecule has 0 aromatic heterocycles. The fourth-order valence-electron chi connectivity index (χ4n) is 3.78. The predicted octanol–water partition coefficient (Wildman–Crippen LogP) is 3.32. The van der Waals surface area contributed by atoms with Crippen molar-refractivity contribution in [3.63, 3.8) is 0 Å². The number of carbonyl (C=O) groups excluding carboxylic acids is 1. The molecule has 2 N–H and O–H groups in total. The fraction of sp³-hybridized carbons (Fsp3) is 0.579. The first-order valence-electron chi connectivity index (χ1n) is 8.94. The van der Waals surface area contributed by atoms with Crippen molar-refractivity contribution in [1.29, 1.82) is 5.41 Å². The number of hydrogen-bond acceptors (Lipinski definition) is 2. The normalized spacial score (nSPS) is 22.4. The van der Waals surface area contributed by atoms with E-state index < -0.39 is 0 Å². The Hall–Kier alpha value is -1.84. The molecular weight excluding hydrogens is 286 g/mol. The molecule has 1 aliphatic heterocycles. The van der Waals surface area contributed by atoms with E-state index in [1.807, 2.05) is 18.2 Å². The largest absolute Gasteiger partial charge is 0.344 e. The average Bonchev–Trinajstić information content (AvgIpc) is 2.87. The summed E-state index contributed by atoms with van der Waals surface area (Å²) in [6, 6.07) is 9.97. The number of hydrogen-bond donors (Lipinski definition) is 2. The molecule has 2 aliphatic rings. The van der Waals surface area contributed by atoms with E-state index in [0.29, 0.717) is 6.54 Å². The van der Waals surface area contributed by atoms with Gasteiger partial charge in [-0.1, -0.05) is 62.4 Å². The maximum Gasteiger partial charge on any atom is 0.251 e. The predicted molar refractivity (Wildman–Crippen MR) is 92.3 cm³/mol. The first-order chi connectivity index (χ1) is 11.2. The third kappa shape index (κ3) is 4.12. The molecule has 2 fully saturated rings. The van der Waals surface area contributed by atoms with Gasteiger partial charge in [-0.25, -0.2) is 0 Å². The summed E-state index contributed by atoms with van der Waals surface area (Å²) >= 11 is 0. The molecule has 1 aromatic carbocycles. The Morgan fingerprint density at radius 1 is 1.09 bits per heavy atom. The van der Waals surface area contributed by atoms with Gasteiger partial charge in [-0.15, -0.1) is 0 Å². The van der Waals surface area contributed by atoms with Crippen LogP contribution in [0.1, 0.15) is 50.5 Å². The molecule has 0 radical (unpaired) electrons. The van der Waals surface area contributed by atoms with Gasteiger partial charge < -0.3 is 5.32 Å². The monoisotopic (exact) mass is 313 g/mol. The van der Waals surface area contributed by atoms with Gasteiger partial charge in [-0.2, -0.15) is 0 Å². The second-order valence-corrected chi connectivity index (χ2v) is 6.85. The van der Waals surface area contributed by atoms with E-state index in [-0.39, 0.29) is 17.9 Å². The standard InChI is InChI=1S/C19H27N3O/c20-19-21-17(12-11-15-7-3-1-4-8-15)18(23)22(19)14-13-16-9-5-2-6-10-16/h2,5-6,9-10,15,17H,1,3-4,7-8,11-14H2,(H2,20,21). The zero-order valence-corrected chi connectivity index (χ0v) is 13.8. The van der Waals surface area contributed by atoms with E-state index in [9.17, 15) is 4.79 Å². The molecule has 0 spiro atoms. The molecule has 23 heavy (non-hydrogen) atoms. The molecule has 1 atom stereocenters. The van der Waals surface area contributed by atoms with Crippen LogP contribution < -0.4 is 5.32 Å². The highest BCUT2D eigenvalue weighted by Gasteiger charge is 2.35. The number of nitrogens with one attached hydrogen (secondary N) is 2. The smallest absolute Gasteiger partial charge is 0.251 e. The highest BCUT2D eigenvalue weighted by molar-refractivity contribution is 6.05. The van der Waals surface area contributed by atoms with E-state index >= 15 is 0 Å². The van der Waals surface area contributed by atoms with Crippen molar-refractivity contribution in [2.24, 2.45) is 5.92 Å². The topological polar surface area (TPSA) is 56.2 Å². The molecule has 1 aliphatic carbocycles. The lowest BCUT2D eigenvalue weighted by Crippen LogP contribution is -2.33. The maximum atomic E-state index is 12.5. The van der Waals surface area contributed by atoms with Crippen LogP contribution in [-0.2, 0) is 11.2 Å². The molecule has 1 unspecified atom stereocenters. The average molecular weight is 313 g/mol. The second kappa shape index (κ2) is 7.62. The van der Waals surface area contributed by atoms with Gasteiger partial charge in [0.15, 0.2) is 5.96 Å². The zero-order chi connectivity index (χ0) is 16.1. The van der Waals surface area contributed by atoms with Crippen LogP contribution in [-0.4, -0.2) is 29.4 Å². The van der Waals surface area contributed by atoms with Gasteiger partial charge >= 0.3 is 0 Å². The summed E-state index contributed by atoms with van der Waals surface area (Å²) < 4.78 is 0. The van der Waals surface area contributed by atoms with Gasteiger partial charge in [-0.05, 0) is 30.7 Å². The summed E-state index contributed by atoms with van der Waals surface area (Å²) in [4.78, 5) is 14.1. The Kier molecular flexibility index (Phi) is 5.31. The molecule has 124 valence electrons. The van der Waals surface area contributed by atoms with Crippen molar-refractivity contribution >= 4 is 11.9 Å². The van der Waals surface area contributed by atoms with Crippen LogP contribution in [0.4, 0.5) is 0 Å². The molecule has 4 heteroatoms. The number of guanidine groups is 1. The molecule has 1 amide bonds. The molecule has 3 rings (SSSR count). The van der Waals surface area contributed by atoms with E-state index in [0.717, 1.165) is 25.2 Å². The maximum absolute atomic E-state index is 12.5. The van der Waals surface area contributed by atoms with Gasteiger partial charge in [0.25, 0.3) is 5.91 Å². The highest BCUT2D eigenvalue weighted by atomic mass is 16.2. The van der Waals surface area contributed by atoms with Crippen LogP contribution in [0.15, 0.2) is 30.3 Å². The van der Waals surface area contributed by atoms with Gasteiger partial charge in [0.05, 0.1) is 0 Å². The Morgan fingerprint density at radius 2 is 1.83 bits per heavy atom. The number of rotatable bonds is 6. The lowest BCUT2D eigenvalue weighted by molar-refractivity contribution is -0.127. The van der Waals surface area contributed by atoms with Gasteiger partial charge in [-0.3, -0.25) is 15.1 Å². The van der Waals surface area contributed by atoms with Crippen molar-refractivity contribution in [2.45, 2.75) is 57.4 Å². The first kappa shape index (κ1) is 16.0. The minimum Gasteiger partial charge on any atom is -0.344 e. The van der Waals surface area contributed by atoms with Crippen LogP contribution in [0, 0.1) is 11.3 Å². The summed E-state index contributed by atoms with van der Waals surface area (Å²) in [7, 11) is 0. The van der Waals surface area contributed by atoms with Crippen molar-refractivity contribution in [1.82, 2.24) is 10.2 Å².